The van der Waals surface area contributed by atoms with Crippen LogP contribution in [0.5, 0.6) is 5.75 Å². The molecule has 0 aliphatic carbocycles. The van der Waals surface area contributed by atoms with Crippen LogP contribution in [0.3, 0.4) is 0 Å². The normalized spacial score (nSPS) is 17.1. The summed E-state index contributed by atoms with van der Waals surface area (Å²) in [5.74, 6) is -8.63. The van der Waals surface area contributed by atoms with Crippen molar-refractivity contribution in [3.05, 3.63) is 29.8 Å². The molecule has 450 valence electrons. The van der Waals surface area contributed by atoms with Gasteiger partial charge in [-0.15, -0.1) is 0 Å². The molecular formula is C55H92N12O13. The van der Waals surface area contributed by atoms with Gasteiger partial charge >= 0.3 is 0 Å². The van der Waals surface area contributed by atoms with Gasteiger partial charge in [0.05, 0.1) is 6.10 Å². The van der Waals surface area contributed by atoms with Crippen molar-refractivity contribution >= 4 is 65.0 Å². The Bertz CT molecular complexity index is 2280. The van der Waals surface area contributed by atoms with Gasteiger partial charge in [0.1, 0.15) is 66.2 Å². The van der Waals surface area contributed by atoms with Crippen molar-refractivity contribution in [3.8, 4) is 5.75 Å². The van der Waals surface area contributed by atoms with Crippen molar-refractivity contribution in [2.45, 2.75) is 207 Å². The lowest BCUT2D eigenvalue weighted by Gasteiger charge is -2.31. The summed E-state index contributed by atoms with van der Waals surface area (Å²) in [6, 6.07) is -6.31. The van der Waals surface area contributed by atoms with Crippen molar-refractivity contribution in [3.63, 3.8) is 0 Å². The Labute approximate surface area is 470 Å². The quantitative estimate of drug-likeness (QED) is 0.0381. The van der Waals surface area contributed by atoms with E-state index in [0.717, 1.165) is 0 Å². The molecule has 80 heavy (non-hydrogen) atoms. The van der Waals surface area contributed by atoms with Crippen LogP contribution >= 0.6 is 0 Å². The molecular weight excluding hydrogens is 1040 g/mol. The number of nitrogens with zero attached hydrogens (tertiary/aromatic N) is 1. The van der Waals surface area contributed by atoms with Gasteiger partial charge in [0.15, 0.2) is 0 Å². The lowest BCUT2D eigenvalue weighted by atomic mass is 9.99. The summed E-state index contributed by atoms with van der Waals surface area (Å²) >= 11 is 0. The van der Waals surface area contributed by atoms with Crippen molar-refractivity contribution in [1.29, 1.82) is 0 Å². The van der Waals surface area contributed by atoms with Gasteiger partial charge < -0.3 is 74.4 Å². The van der Waals surface area contributed by atoms with Crippen molar-refractivity contribution < 1.29 is 63.0 Å². The molecule has 0 spiro atoms. The summed E-state index contributed by atoms with van der Waals surface area (Å²) in [6.07, 6.45) is 0.404. The second-order valence-corrected chi connectivity index (χ2v) is 22.6. The van der Waals surface area contributed by atoms with Crippen LogP contribution in [-0.4, -0.2) is 160 Å². The fourth-order valence-electron chi connectivity index (χ4n) is 9.03. The summed E-state index contributed by atoms with van der Waals surface area (Å²) in [5.41, 5.74) is 11.8. The maximum absolute atomic E-state index is 14.5. The molecule has 11 atom stereocenters. The van der Waals surface area contributed by atoms with E-state index in [9.17, 15) is 63.0 Å². The Morgan fingerprint density at radius 1 is 0.562 bits per heavy atom. The van der Waals surface area contributed by atoms with E-state index in [-0.39, 0.29) is 74.6 Å². The Hall–Kier alpha value is -6.89. The van der Waals surface area contributed by atoms with Crippen LogP contribution in [-0.2, 0) is 59.2 Å². The lowest BCUT2D eigenvalue weighted by molar-refractivity contribution is -0.144. The molecule has 1 aromatic carbocycles. The third-order valence-corrected chi connectivity index (χ3v) is 13.3. The van der Waals surface area contributed by atoms with Crippen LogP contribution < -0.4 is 59.3 Å². The summed E-state index contributed by atoms with van der Waals surface area (Å²) < 4.78 is 0. The molecule has 15 N–H and O–H groups in total. The molecule has 11 amide bonds. The number of unbranched alkanes of at least 4 members (excludes halogenated alkanes) is 1. The van der Waals surface area contributed by atoms with Gasteiger partial charge in [0, 0.05) is 19.9 Å². The third kappa shape index (κ3) is 23.4. The van der Waals surface area contributed by atoms with E-state index in [4.69, 9.17) is 11.5 Å². The van der Waals surface area contributed by atoms with Gasteiger partial charge in [-0.05, 0) is 120 Å². The Kier molecular flexibility index (Phi) is 29.1. The number of aliphatic hydroxyl groups excluding tert-OH is 1. The molecule has 0 unspecified atom stereocenters. The van der Waals surface area contributed by atoms with Gasteiger partial charge in [-0.3, -0.25) is 52.7 Å². The van der Waals surface area contributed by atoms with E-state index in [0.29, 0.717) is 31.2 Å². The number of aromatic hydroxyl groups is 1. The number of phenolic OH excluding ortho intramolecular Hbond substituents is 1. The minimum Gasteiger partial charge on any atom is -0.508 e. The average molecular weight is 1130 g/mol. The van der Waals surface area contributed by atoms with E-state index in [2.05, 4.69) is 47.9 Å². The van der Waals surface area contributed by atoms with E-state index >= 15 is 0 Å². The maximum atomic E-state index is 14.5. The van der Waals surface area contributed by atoms with Gasteiger partial charge in [0.2, 0.25) is 65.0 Å². The first kappa shape index (κ1) is 69.2. The summed E-state index contributed by atoms with van der Waals surface area (Å²) in [4.78, 5) is 150. The van der Waals surface area contributed by atoms with Crippen molar-refractivity contribution in [2.75, 3.05) is 13.1 Å². The number of carbonyl (C=O) groups is 11. The first-order valence-electron chi connectivity index (χ1n) is 27.8. The number of benzene rings is 1. The molecule has 2 rings (SSSR count). The number of rotatable bonds is 33. The van der Waals surface area contributed by atoms with E-state index < -0.39 is 132 Å². The zero-order valence-corrected chi connectivity index (χ0v) is 48.7. The number of aliphatic hydroxyl groups is 1. The Balaban J connectivity index is 2.39. The Morgan fingerprint density at radius 3 is 1.46 bits per heavy atom. The van der Waals surface area contributed by atoms with E-state index in [1.165, 1.54) is 56.9 Å². The minimum atomic E-state index is -1.56. The molecule has 0 saturated carbocycles. The summed E-state index contributed by atoms with van der Waals surface area (Å²) in [5, 5.41) is 44.5. The molecule has 25 nitrogen and oxygen atoms in total. The van der Waals surface area contributed by atoms with Crippen molar-refractivity contribution in [1.82, 2.24) is 52.8 Å². The smallest absolute Gasteiger partial charge is 0.248 e. The van der Waals surface area contributed by atoms with Crippen LogP contribution in [0.4, 0.5) is 0 Å². The molecule has 1 saturated heterocycles. The molecule has 25 heteroatoms. The molecule has 1 aliphatic heterocycles. The van der Waals surface area contributed by atoms with Crippen molar-refractivity contribution in [2.24, 2.45) is 35.1 Å². The fraction of sp³-hybridized carbons (Fsp3) is 0.691. The first-order chi connectivity index (χ1) is 37.4. The second kappa shape index (κ2) is 33.6. The maximum Gasteiger partial charge on any atom is 0.248 e. The number of nitrogens with two attached hydrogens (primary N) is 2. The summed E-state index contributed by atoms with van der Waals surface area (Å²) in [6.45, 7) is 20.1. The topological polar surface area (TPSA) is 392 Å². The number of nitrogens with one attached hydrogen (secondary N) is 9. The van der Waals surface area contributed by atoms with Gasteiger partial charge in [-0.2, -0.15) is 0 Å². The highest BCUT2D eigenvalue weighted by Crippen LogP contribution is 2.21. The number of amides is 11. The zero-order valence-electron chi connectivity index (χ0n) is 48.7. The standard InChI is InChI=1S/C55H92N12O13/c1-28(2)24-39(60-35(12)69)50(75)58-32(9)47(72)62-41(26-30(5)6)52(77)61-38(16-13-14-22-56)49(74)64-42(27-36-18-20-37(70)21-19-36)53(78)63-40(25-29(3)4)51(76)59-33(10)48(73)66-45(34(11)68)55(80)67-23-15-17-43(67)54(79)65-44(31(7)8)46(57)71/h18-21,28-34,38-45,68,70H,13-17,22-27,56H2,1-12H3,(H2,57,71)(H,58,75)(H,59,76)(H,60,69)(H,61,77)(H,62,72)(H,63,78)(H,64,74)(H,65,79)(H,66,73)/t32-,33-,34+,38-,39-,40-,41-,42-,43-,44-,45-/m0/s1. The van der Waals surface area contributed by atoms with E-state index in [1.807, 2.05) is 27.7 Å². The van der Waals surface area contributed by atoms with Crippen LogP contribution in [0.15, 0.2) is 24.3 Å². The largest absolute Gasteiger partial charge is 0.508 e. The molecule has 0 bridgehead atoms. The highest BCUT2D eigenvalue weighted by Gasteiger charge is 2.41. The highest BCUT2D eigenvalue weighted by molar-refractivity contribution is 5.99. The number of carbonyl (C=O) groups excluding carboxylic acids is 11. The predicted octanol–water partition coefficient (Wildman–Crippen LogP) is -0.862. The zero-order chi connectivity index (χ0) is 60.7. The molecule has 0 radical (unpaired) electrons. The first-order valence-corrected chi connectivity index (χ1v) is 27.8. The molecule has 1 heterocycles. The summed E-state index contributed by atoms with van der Waals surface area (Å²) in [7, 11) is 0. The number of primary amides is 1. The average Bonchev–Trinajstić information content (AvgIpc) is 3.86. The minimum absolute atomic E-state index is 0.0356. The van der Waals surface area contributed by atoms with Crippen LogP contribution in [0.1, 0.15) is 140 Å². The molecule has 0 aromatic heterocycles. The second-order valence-electron chi connectivity index (χ2n) is 22.6. The lowest BCUT2D eigenvalue weighted by Crippen LogP contribution is -2.61. The van der Waals surface area contributed by atoms with Crippen LogP contribution in [0, 0.1) is 23.7 Å². The molecule has 1 aromatic rings. The van der Waals surface area contributed by atoms with Gasteiger partial charge in [-0.1, -0.05) is 67.5 Å². The number of likely N-dealkylation sites (tertiary alicyclic amines) is 1. The SMILES string of the molecule is CC(=O)N[C@@H](CC(C)C)C(=O)N[C@@H](C)C(=O)N[C@@H](CC(C)C)C(=O)N[C@@H](CCCCN)C(=O)N[C@@H](Cc1ccc(O)cc1)C(=O)N[C@@H](CC(C)C)C(=O)N[C@@H](C)C(=O)N[C@H](C(=O)N1CCC[C@H]1C(=O)N[C@H](C(N)=O)C(C)C)[C@@H](C)O. The fourth-order valence-corrected chi connectivity index (χ4v) is 9.03. The third-order valence-electron chi connectivity index (χ3n) is 13.3. The van der Waals surface area contributed by atoms with Gasteiger partial charge in [0.25, 0.3) is 0 Å². The van der Waals surface area contributed by atoms with Crippen LogP contribution in [0.2, 0.25) is 0 Å². The predicted molar refractivity (Wildman–Crippen MR) is 298 cm³/mol. The van der Waals surface area contributed by atoms with Gasteiger partial charge in [-0.25, -0.2) is 0 Å². The Morgan fingerprint density at radius 2 is 1.00 bits per heavy atom. The molecule has 1 fully saturated rings. The van der Waals surface area contributed by atoms with E-state index in [1.54, 1.807) is 27.7 Å². The number of hydrogen-bond acceptors (Lipinski definition) is 14. The monoisotopic (exact) mass is 1130 g/mol. The van der Waals surface area contributed by atoms with Crippen LogP contribution in [0.25, 0.3) is 0 Å². The molecule has 1 aliphatic rings. The number of phenols is 1. The number of hydrogen-bond donors (Lipinski definition) is 13. The highest BCUT2D eigenvalue weighted by atomic mass is 16.3.